The smallest absolute Gasteiger partial charge is 0.328 e. The SMILES string of the molecule is CCCCNC(=O)NS(=O)(=O)c1ccc(NC(=O)CSc2nc(-c3ccccc3)c3ccccc3n2)cc1. The normalized spacial score (nSPS) is 11.2. The Hall–Kier alpha value is -3.96. The Kier molecular flexibility index (Phi) is 8.93. The molecule has 0 atom stereocenters. The number of amides is 3. The number of para-hydroxylation sites is 1. The van der Waals surface area contributed by atoms with Crippen molar-refractivity contribution < 1.29 is 18.0 Å². The first-order valence-corrected chi connectivity index (χ1v) is 14.5. The third-order valence-electron chi connectivity index (χ3n) is 5.45. The fourth-order valence-corrected chi connectivity index (χ4v) is 5.16. The molecule has 0 saturated heterocycles. The van der Waals surface area contributed by atoms with Crippen LogP contribution in [-0.4, -0.2) is 42.6 Å². The molecule has 0 bridgehead atoms. The molecule has 9 nitrogen and oxygen atoms in total. The molecule has 0 aliphatic carbocycles. The second-order valence-electron chi connectivity index (χ2n) is 8.31. The van der Waals surface area contributed by atoms with Crippen molar-refractivity contribution in [3.63, 3.8) is 0 Å². The highest BCUT2D eigenvalue weighted by atomic mass is 32.2. The van der Waals surface area contributed by atoms with E-state index in [0.717, 1.165) is 35.0 Å². The van der Waals surface area contributed by atoms with Gasteiger partial charge in [-0.05, 0) is 36.8 Å². The van der Waals surface area contributed by atoms with Gasteiger partial charge in [0.25, 0.3) is 10.0 Å². The summed E-state index contributed by atoms with van der Waals surface area (Å²) >= 11 is 1.21. The Morgan fingerprint density at radius 3 is 2.34 bits per heavy atom. The minimum absolute atomic E-state index is 0.0616. The molecule has 0 spiro atoms. The molecule has 0 unspecified atom stereocenters. The number of aromatic nitrogens is 2. The zero-order valence-corrected chi connectivity index (χ0v) is 22.3. The van der Waals surface area contributed by atoms with E-state index in [4.69, 9.17) is 4.98 Å². The average molecular weight is 550 g/mol. The molecule has 4 aromatic rings. The summed E-state index contributed by atoms with van der Waals surface area (Å²) in [6.45, 7) is 2.35. The van der Waals surface area contributed by atoms with Crippen LogP contribution in [0.4, 0.5) is 10.5 Å². The number of sulfonamides is 1. The largest absolute Gasteiger partial charge is 0.337 e. The number of fused-ring (bicyclic) bond motifs is 1. The van der Waals surface area contributed by atoms with Gasteiger partial charge in [-0.2, -0.15) is 0 Å². The van der Waals surface area contributed by atoms with Gasteiger partial charge in [-0.25, -0.2) is 27.9 Å². The van der Waals surface area contributed by atoms with E-state index in [1.54, 1.807) is 0 Å². The number of hydrogen-bond acceptors (Lipinski definition) is 7. The predicted octanol–water partition coefficient (Wildman–Crippen LogP) is 4.82. The number of unbranched alkanes of at least 4 members (excludes halogenated alkanes) is 1. The van der Waals surface area contributed by atoms with Gasteiger partial charge >= 0.3 is 6.03 Å². The lowest BCUT2D eigenvalue weighted by atomic mass is 10.1. The third kappa shape index (κ3) is 7.08. The van der Waals surface area contributed by atoms with Crippen LogP contribution in [-0.2, 0) is 14.8 Å². The van der Waals surface area contributed by atoms with E-state index in [9.17, 15) is 18.0 Å². The van der Waals surface area contributed by atoms with Gasteiger partial charge in [0.15, 0.2) is 5.16 Å². The summed E-state index contributed by atoms with van der Waals surface area (Å²) in [5.41, 5.74) is 2.96. The summed E-state index contributed by atoms with van der Waals surface area (Å²) in [5, 5.41) is 6.64. The molecule has 1 heterocycles. The summed E-state index contributed by atoms with van der Waals surface area (Å²) in [7, 11) is -4.03. The van der Waals surface area contributed by atoms with Crippen molar-refractivity contribution in [3.05, 3.63) is 78.9 Å². The molecule has 0 aliphatic heterocycles. The third-order valence-corrected chi connectivity index (χ3v) is 7.65. The summed E-state index contributed by atoms with van der Waals surface area (Å²) in [6, 6.07) is 22.3. The maximum Gasteiger partial charge on any atom is 0.328 e. The molecule has 0 aliphatic rings. The quantitative estimate of drug-likeness (QED) is 0.147. The van der Waals surface area contributed by atoms with E-state index >= 15 is 0 Å². The van der Waals surface area contributed by atoms with E-state index in [1.807, 2.05) is 66.2 Å². The number of nitrogens with zero attached hydrogens (tertiary/aromatic N) is 2. The van der Waals surface area contributed by atoms with Gasteiger partial charge < -0.3 is 10.6 Å². The molecule has 38 heavy (non-hydrogen) atoms. The minimum atomic E-state index is -4.03. The van der Waals surface area contributed by atoms with Crippen molar-refractivity contribution in [1.82, 2.24) is 20.0 Å². The number of carbonyl (C=O) groups is 2. The monoisotopic (exact) mass is 549 g/mol. The minimum Gasteiger partial charge on any atom is -0.337 e. The van der Waals surface area contributed by atoms with E-state index in [0.29, 0.717) is 17.4 Å². The number of rotatable bonds is 10. The van der Waals surface area contributed by atoms with Crippen LogP contribution in [0.15, 0.2) is 88.9 Å². The molecular formula is C27H27N5O4S2. The first-order valence-electron chi connectivity index (χ1n) is 12.0. The van der Waals surface area contributed by atoms with Crippen LogP contribution < -0.4 is 15.4 Å². The standard InChI is InChI=1S/C27H27N5O4S2/c1-2-3-17-28-26(34)32-38(35,36)21-15-13-20(14-16-21)29-24(33)18-37-27-30-23-12-8-7-11-22(23)25(31-27)19-9-5-4-6-10-19/h4-16H,2-3,17-18H2,1H3,(H,29,33)(H2,28,32,34). The van der Waals surface area contributed by atoms with Crippen molar-refractivity contribution in [2.24, 2.45) is 0 Å². The highest BCUT2D eigenvalue weighted by Crippen LogP contribution is 2.28. The topological polar surface area (TPSA) is 130 Å². The van der Waals surface area contributed by atoms with Crippen molar-refractivity contribution in [1.29, 1.82) is 0 Å². The second kappa shape index (κ2) is 12.5. The molecule has 0 saturated carbocycles. The molecule has 3 amide bonds. The fourth-order valence-electron chi connectivity index (χ4n) is 3.58. The maximum atomic E-state index is 12.6. The Morgan fingerprint density at radius 1 is 0.895 bits per heavy atom. The lowest BCUT2D eigenvalue weighted by Crippen LogP contribution is -2.39. The number of benzene rings is 3. The summed E-state index contributed by atoms with van der Waals surface area (Å²) in [5.74, 6) is -0.233. The highest BCUT2D eigenvalue weighted by Gasteiger charge is 2.17. The van der Waals surface area contributed by atoms with Crippen molar-refractivity contribution in [3.8, 4) is 11.3 Å². The zero-order valence-electron chi connectivity index (χ0n) is 20.7. The van der Waals surface area contributed by atoms with Crippen LogP contribution in [0.25, 0.3) is 22.2 Å². The Labute approximate surface area is 225 Å². The lowest BCUT2D eigenvalue weighted by Gasteiger charge is -2.10. The molecule has 0 fully saturated rings. The van der Waals surface area contributed by atoms with E-state index in [-0.39, 0.29) is 16.6 Å². The van der Waals surface area contributed by atoms with E-state index in [1.165, 1.54) is 36.0 Å². The Balaban J connectivity index is 1.38. The first kappa shape index (κ1) is 27.1. The predicted molar refractivity (Wildman–Crippen MR) is 149 cm³/mol. The van der Waals surface area contributed by atoms with Crippen molar-refractivity contribution in [2.45, 2.75) is 29.8 Å². The van der Waals surface area contributed by atoms with Crippen molar-refractivity contribution >= 4 is 50.3 Å². The van der Waals surface area contributed by atoms with Gasteiger partial charge in [0.1, 0.15) is 0 Å². The van der Waals surface area contributed by atoms with Crippen LogP contribution >= 0.6 is 11.8 Å². The number of hydrogen-bond donors (Lipinski definition) is 3. The average Bonchev–Trinajstić information content (AvgIpc) is 2.92. The number of carbonyl (C=O) groups excluding carboxylic acids is 2. The maximum absolute atomic E-state index is 12.6. The van der Waals surface area contributed by atoms with Gasteiger partial charge in [-0.1, -0.05) is 73.6 Å². The van der Waals surface area contributed by atoms with Crippen LogP contribution in [0.5, 0.6) is 0 Å². The fraction of sp³-hybridized carbons (Fsp3) is 0.185. The van der Waals surface area contributed by atoms with E-state index in [2.05, 4.69) is 15.6 Å². The molecule has 11 heteroatoms. The molecule has 4 rings (SSSR count). The van der Waals surface area contributed by atoms with Crippen LogP contribution in [0.3, 0.4) is 0 Å². The van der Waals surface area contributed by atoms with Crippen LogP contribution in [0.1, 0.15) is 19.8 Å². The first-order chi connectivity index (χ1) is 18.4. The van der Waals surface area contributed by atoms with Gasteiger partial charge in [0.05, 0.1) is 21.9 Å². The summed E-state index contributed by atoms with van der Waals surface area (Å²) in [6.07, 6.45) is 1.63. The Bertz CT molecular complexity index is 1530. The molecular weight excluding hydrogens is 522 g/mol. The molecule has 1 aromatic heterocycles. The summed E-state index contributed by atoms with van der Waals surface area (Å²) < 4.78 is 26.8. The zero-order chi connectivity index (χ0) is 27.0. The number of urea groups is 1. The molecule has 3 aromatic carbocycles. The molecule has 3 N–H and O–H groups in total. The number of nitrogens with one attached hydrogen (secondary N) is 3. The van der Waals surface area contributed by atoms with E-state index < -0.39 is 16.1 Å². The van der Waals surface area contributed by atoms with Gasteiger partial charge in [-0.15, -0.1) is 0 Å². The number of thioether (sulfide) groups is 1. The van der Waals surface area contributed by atoms with Gasteiger partial charge in [-0.3, -0.25) is 4.79 Å². The second-order valence-corrected chi connectivity index (χ2v) is 10.9. The van der Waals surface area contributed by atoms with Crippen molar-refractivity contribution in [2.75, 3.05) is 17.6 Å². The van der Waals surface area contributed by atoms with Crippen LogP contribution in [0.2, 0.25) is 0 Å². The Morgan fingerprint density at radius 2 is 1.61 bits per heavy atom. The van der Waals surface area contributed by atoms with Crippen LogP contribution in [0, 0.1) is 0 Å². The number of anilines is 1. The van der Waals surface area contributed by atoms with Gasteiger partial charge in [0.2, 0.25) is 5.91 Å². The molecule has 0 radical (unpaired) electrons. The molecule has 196 valence electrons. The van der Waals surface area contributed by atoms with Gasteiger partial charge in [0, 0.05) is 23.2 Å². The highest BCUT2D eigenvalue weighted by molar-refractivity contribution is 7.99. The lowest BCUT2D eigenvalue weighted by molar-refractivity contribution is -0.113. The summed E-state index contributed by atoms with van der Waals surface area (Å²) in [4.78, 5) is 33.6.